The quantitative estimate of drug-likeness (QED) is 0.222. The number of carbonyl (C=O) groups excluding carboxylic acids is 1. The minimum atomic E-state index is -0.235. The van der Waals surface area contributed by atoms with Crippen molar-refractivity contribution in [1.82, 2.24) is 15.3 Å². The first kappa shape index (κ1) is 28.2. The van der Waals surface area contributed by atoms with E-state index in [1.165, 1.54) is 0 Å². The second-order valence-corrected chi connectivity index (χ2v) is 9.26. The normalized spacial score (nSPS) is 10.7. The molecule has 9 nitrogen and oxygen atoms in total. The summed E-state index contributed by atoms with van der Waals surface area (Å²) in [5.41, 5.74) is 5.31. The van der Waals surface area contributed by atoms with Crippen molar-refractivity contribution in [1.29, 1.82) is 0 Å². The van der Waals surface area contributed by atoms with Gasteiger partial charge in [0.1, 0.15) is 5.75 Å². The van der Waals surface area contributed by atoms with Crippen LogP contribution in [-0.4, -0.2) is 51.4 Å². The maximum Gasteiger partial charge on any atom is 0.251 e. The summed E-state index contributed by atoms with van der Waals surface area (Å²) in [5.74, 6) is 2.80. The molecule has 42 heavy (non-hydrogen) atoms. The first-order chi connectivity index (χ1) is 20.5. The zero-order chi connectivity index (χ0) is 29.6. The molecule has 0 bridgehead atoms. The maximum atomic E-state index is 13.1. The highest BCUT2D eigenvalue weighted by Gasteiger charge is 2.18. The Hall–Kier alpha value is -5.31. The molecule has 0 aliphatic rings. The lowest BCUT2D eigenvalue weighted by Crippen LogP contribution is -2.23. The van der Waals surface area contributed by atoms with Crippen molar-refractivity contribution in [2.45, 2.75) is 6.54 Å². The van der Waals surface area contributed by atoms with Crippen molar-refractivity contribution in [3.8, 4) is 51.3 Å². The number of nitrogens with zero attached hydrogens (tertiary/aromatic N) is 2. The molecule has 1 amide bonds. The van der Waals surface area contributed by atoms with Crippen LogP contribution in [0, 0.1) is 0 Å². The fourth-order valence-electron chi connectivity index (χ4n) is 4.69. The molecule has 4 aromatic carbocycles. The van der Waals surface area contributed by atoms with Gasteiger partial charge < -0.3 is 29.0 Å². The molecule has 1 heterocycles. The van der Waals surface area contributed by atoms with Crippen molar-refractivity contribution < 1.29 is 28.5 Å². The Morgan fingerprint density at radius 3 is 1.71 bits per heavy atom. The van der Waals surface area contributed by atoms with Crippen LogP contribution in [0.5, 0.6) is 28.7 Å². The molecule has 0 unspecified atom stereocenters. The van der Waals surface area contributed by atoms with Crippen molar-refractivity contribution in [3.05, 3.63) is 90.0 Å². The van der Waals surface area contributed by atoms with Crippen LogP contribution in [0.15, 0.2) is 78.9 Å². The molecule has 0 saturated carbocycles. The van der Waals surface area contributed by atoms with E-state index in [-0.39, 0.29) is 5.91 Å². The number of fused-ring (bicyclic) bond motifs is 1. The van der Waals surface area contributed by atoms with Gasteiger partial charge in [0.25, 0.3) is 5.91 Å². The van der Waals surface area contributed by atoms with Crippen molar-refractivity contribution in [2.24, 2.45) is 0 Å². The highest BCUT2D eigenvalue weighted by atomic mass is 16.5. The number of carbonyl (C=O) groups is 1. The summed E-state index contributed by atoms with van der Waals surface area (Å²) in [6, 6.07) is 24.0. The lowest BCUT2D eigenvalue weighted by atomic mass is 10.0. The first-order valence-corrected chi connectivity index (χ1v) is 13.2. The number of rotatable bonds is 10. The first-order valence-electron chi connectivity index (χ1n) is 13.2. The third-order valence-corrected chi connectivity index (χ3v) is 6.87. The third kappa shape index (κ3) is 5.62. The molecular weight excluding hydrogens is 534 g/mol. The van der Waals surface area contributed by atoms with Crippen LogP contribution >= 0.6 is 0 Å². The lowest BCUT2D eigenvalue weighted by molar-refractivity contribution is 0.0951. The van der Waals surface area contributed by atoms with Gasteiger partial charge in [-0.25, -0.2) is 9.97 Å². The van der Waals surface area contributed by atoms with Crippen LogP contribution in [0.4, 0.5) is 0 Å². The third-order valence-electron chi connectivity index (χ3n) is 6.87. The summed E-state index contributed by atoms with van der Waals surface area (Å²) in [6.07, 6.45) is 0. The Balaban J connectivity index is 1.59. The van der Waals surface area contributed by atoms with Gasteiger partial charge in [-0.3, -0.25) is 4.79 Å². The minimum absolute atomic E-state index is 0.235. The van der Waals surface area contributed by atoms with Crippen LogP contribution in [0.1, 0.15) is 15.9 Å². The fraction of sp³-hybridized carbons (Fsp3) is 0.182. The van der Waals surface area contributed by atoms with Gasteiger partial charge in [0.2, 0.25) is 0 Å². The monoisotopic (exact) mass is 565 g/mol. The predicted molar refractivity (Wildman–Crippen MR) is 161 cm³/mol. The maximum absolute atomic E-state index is 13.1. The number of hydrogen-bond acceptors (Lipinski definition) is 8. The van der Waals surface area contributed by atoms with Crippen molar-refractivity contribution in [2.75, 3.05) is 35.5 Å². The van der Waals surface area contributed by atoms with Crippen LogP contribution in [-0.2, 0) is 6.54 Å². The molecule has 1 N–H and O–H groups in total. The summed E-state index contributed by atoms with van der Waals surface area (Å²) in [7, 11) is 7.95. The molecule has 0 spiro atoms. The highest BCUT2D eigenvalue weighted by Crippen LogP contribution is 2.39. The van der Waals surface area contributed by atoms with Gasteiger partial charge in [0.15, 0.2) is 23.0 Å². The summed E-state index contributed by atoms with van der Waals surface area (Å²) in [4.78, 5) is 23.1. The molecule has 0 aliphatic heterocycles. The molecule has 0 aliphatic carbocycles. The number of aromatic nitrogens is 2. The van der Waals surface area contributed by atoms with Crippen molar-refractivity contribution >= 4 is 16.9 Å². The Morgan fingerprint density at radius 1 is 0.595 bits per heavy atom. The predicted octanol–water partition coefficient (Wildman–Crippen LogP) is 5.94. The molecule has 0 saturated heterocycles. The van der Waals surface area contributed by atoms with Gasteiger partial charge >= 0.3 is 0 Å². The molecular formula is C33H31N3O6. The Kier molecular flexibility index (Phi) is 8.38. The molecule has 9 heteroatoms. The van der Waals surface area contributed by atoms with E-state index in [0.717, 1.165) is 16.7 Å². The van der Waals surface area contributed by atoms with Crippen LogP contribution in [0.25, 0.3) is 33.5 Å². The average Bonchev–Trinajstić information content (AvgIpc) is 3.05. The lowest BCUT2D eigenvalue weighted by Gasteiger charge is -2.15. The van der Waals surface area contributed by atoms with Gasteiger partial charge in [-0.2, -0.15) is 0 Å². The fourth-order valence-corrected chi connectivity index (χ4v) is 4.69. The average molecular weight is 566 g/mol. The number of methoxy groups -OCH3 is 5. The van der Waals surface area contributed by atoms with Gasteiger partial charge in [-0.1, -0.05) is 18.2 Å². The largest absolute Gasteiger partial charge is 0.496 e. The minimum Gasteiger partial charge on any atom is -0.496 e. The number of amides is 1. The number of nitrogens with one attached hydrogen (secondary N) is 1. The molecule has 5 aromatic rings. The van der Waals surface area contributed by atoms with Crippen LogP contribution in [0.2, 0.25) is 0 Å². The Labute approximate surface area is 244 Å². The summed E-state index contributed by atoms with van der Waals surface area (Å²) in [6.45, 7) is 0.321. The van der Waals surface area contributed by atoms with E-state index in [1.807, 2.05) is 60.7 Å². The number of ether oxygens (including phenoxy) is 5. The van der Waals surface area contributed by atoms with Crippen molar-refractivity contribution in [3.63, 3.8) is 0 Å². The smallest absolute Gasteiger partial charge is 0.251 e. The van der Waals surface area contributed by atoms with E-state index >= 15 is 0 Å². The molecule has 0 atom stereocenters. The van der Waals surface area contributed by atoms with E-state index < -0.39 is 0 Å². The topological polar surface area (TPSA) is 101 Å². The Morgan fingerprint density at radius 2 is 1.14 bits per heavy atom. The molecule has 0 fully saturated rings. The van der Waals surface area contributed by atoms with E-state index in [4.69, 9.17) is 33.7 Å². The zero-order valence-corrected chi connectivity index (χ0v) is 24.1. The summed E-state index contributed by atoms with van der Waals surface area (Å²) in [5, 5.41) is 2.97. The van der Waals surface area contributed by atoms with Crippen LogP contribution < -0.4 is 29.0 Å². The number of hydrogen-bond donors (Lipinski definition) is 1. The van der Waals surface area contributed by atoms with Gasteiger partial charge in [0, 0.05) is 28.8 Å². The molecule has 1 aromatic heterocycles. The van der Waals surface area contributed by atoms with Gasteiger partial charge in [-0.15, -0.1) is 0 Å². The van der Waals surface area contributed by atoms with Gasteiger partial charge in [-0.05, 0) is 60.7 Å². The van der Waals surface area contributed by atoms with E-state index in [9.17, 15) is 4.79 Å². The summed E-state index contributed by atoms with van der Waals surface area (Å²) >= 11 is 0. The number of benzene rings is 4. The van der Waals surface area contributed by atoms with Gasteiger partial charge in [0.05, 0.1) is 58.0 Å². The standard InChI is InChI=1S/C33H31N3O6/c1-38-26-9-7-6-8-23(26)19-34-33(37)22-10-13-24-25(16-22)36-32(21-12-15-28(40-3)30(18-21)42-5)31(35-24)20-11-14-27(39-2)29(17-20)41-4/h6-18H,19H2,1-5H3,(H,34,37). The zero-order valence-electron chi connectivity index (χ0n) is 24.1. The van der Waals surface area contributed by atoms with E-state index in [1.54, 1.807) is 53.7 Å². The van der Waals surface area contributed by atoms with Crippen LogP contribution in [0.3, 0.4) is 0 Å². The highest BCUT2D eigenvalue weighted by molar-refractivity contribution is 5.98. The number of para-hydroxylation sites is 1. The molecule has 5 rings (SSSR count). The van der Waals surface area contributed by atoms with E-state index in [0.29, 0.717) is 63.3 Å². The second kappa shape index (κ2) is 12.5. The second-order valence-electron chi connectivity index (χ2n) is 9.26. The Bertz CT molecular complexity index is 1750. The summed E-state index contributed by atoms with van der Waals surface area (Å²) < 4.78 is 27.4. The molecule has 214 valence electrons. The SMILES string of the molecule is COc1ccccc1CNC(=O)c1ccc2nc(-c3ccc(OC)c(OC)c3)c(-c3ccc(OC)c(OC)c3)nc2c1. The molecule has 0 radical (unpaired) electrons. The van der Waals surface area contributed by atoms with E-state index in [2.05, 4.69) is 5.32 Å².